The molecule has 23 heavy (non-hydrogen) atoms. The molecule has 1 aromatic heterocycles. The second kappa shape index (κ2) is 6.16. The lowest BCUT2D eigenvalue weighted by Crippen LogP contribution is -2.51. The third-order valence-electron chi connectivity index (χ3n) is 4.46. The molecule has 3 rings (SSSR count). The van der Waals surface area contributed by atoms with Crippen molar-refractivity contribution in [1.29, 1.82) is 0 Å². The zero-order chi connectivity index (χ0) is 16.4. The number of fused-ring (bicyclic) bond motifs is 1. The van der Waals surface area contributed by atoms with Gasteiger partial charge in [0.25, 0.3) is 5.91 Å². The minimum Gasteiger partial charge on any atom is -0.479 e. The van der Waals surface area contributed by atoms with E-state index in [0.29, 0.717) is 10.4 Å². The van der Waals surface area contributed by atoms with E-state index < -0.39 is 11.5 Å². The molecule has 4 nitrogen and oxygen atoms in total. The van der Waals surface area contributed by atoms with E-state index in [9.17, 15) is 14.7 Å². The standard InChI is InChI=1S/C18H19NO3S/c1-2-18(17(21)22,13-8-4-3-5-9-13)19-16(20)15-11-12-7-6-10-14(12)23-15/h3-5,8-9,11H,2,6-7,10H2,1H3,(H,19,20)(H,21,22). The van der Waals surface area contributed by atoms with Gasteiger partial charge in [0.1, 0.15) is 0 Å². The molecule has 5 heteroatoms. The van der Waals surface area contributed by atoms with Gasteiger partial charge >= 0.3 is 5.97 Å². The Labute approximate surface area is 139 Å². The number of hydrogen-bond donors (Lipinski definition) is 2. The molecular weight excluding hydrogens is 310 g/mol. The van der Waals surface area contributed by atoms with Crippen LogP contribution in [-0.4, -0.2) is 17.0 Å². The van der Waals surface area contributed by atoms with Crippen LogP contribution >= 0.6 is 11.3 Å². The summed E-state index contributed by atoms with van der Waals surface area (Å²) in [4.78, 5) is 26.4. The van der Waals surface area contributed by atoms with Crippen molar-refractivity contribution in [2.75, 3.05) is 0 Å². The van der Waals surface area contributed by atoms with Crippen LogP contribution in [0.5, 0.6) is 0 Å². The number of carbonyl (C=O) groups excluding carboxylic acids is 1. The fraction of sp³-hybridized carbons (Fsp3) is 0.333. The Morgan fingerprint density at radius 2 is 2.00 bits per heavy atom. The van der Waals surface area contributed by atoms with Crippen LogP contribution in [-0.2, 0) is 23.2 Å². The van der Waals surface area contributed by atoms with Crippen LogP contribution in [0.3, 0.4) is 0 Å². The lowest BCUT2D eigenvalue weighted by atomic mass is 9.87. The van der Waals surface area contributed by atoms with Crippen molar-refractivity contribution in [2.24, 2.45) is 0 Å². The van der Waals surface area contributed by atoms with E-state index in [0.717, 1.165) is 19.3 Å². The van der Waals surface area contributed by atoms with E-state index in [1.165, 1.54) is 21.8 Å². The Morgan fingerprint density at radius 3 is 2.61 bits per heavy atom. The monoisotopic (exact) mass is 329 g/mol. The SMILES string of the molecule is CCC(NC(=O)c1cc2c(s1)CCC2)(C(=O)O)c1ccccc1. The zero-order valence-corrected chi connectivity index (χ0v) is 13.8. The van der Waals surface area contributed by atoms with Crippen LogP contribution in [0.25, 0.3) is 0 Å². The van der Waals surface area contributed by atoms with Gasteiger partial charge in [-0.25, -0.2) is 4.79 Å². The molecule has 0 fully saturated rings. The number of carboxylic acids is 1. The lowest BCUT2D eigenvalue weighted by Gasteiger charge is -2.29. The molecule has 1 unspecified atom stereocenters. The number of aliphatic carboxylic acids is 1. The molecule has 120 valence electrons. The highest BCUT2D eigenvalue weighted by Gasteiger charge is 2.40. The van der Waals surface area contributed by atoms with Gasteiger partial charge < -0.3 is 10.4 Å². The highest BCUT2D eigenvalue weighted by Crippen LogP contribution is 2.32. The topological polar surface area (TPSA) is 66.4 Å². The molecule has 0 radical (unpaired) electrons. The quantitative estimate of drug-likeness (QED) is 0.884. The summed E-state index contributed by atoms with van der Waals surface area (Å²) in [5.74, 6) is -1.35. The molecule has 1 aromatic carbocycles. The van der Waals surface area contributed by atoms with Crippen molar-refractivity contribution in [2.45, 2.75) is 38.1 Å². The maximum Gasteiger partial charge on any atom is 0.334 e. The van der Waals surface area contributed by atoms with Crippen LogP contribution in [0, 0.1) is 0 Å². The summed E-state index contributed by atoms with van der Waals surface area (Å²) in [6.45, 7) is 1.77. The van der Waals surface area contributed by atoms with Crippen molar-refractivity contribution in [3.8, 4) is 0 Å². The van der Waals surface area contributed by atoms with Crippen LogP contribution in [0.2, 0.25) is 0 Å². The summed E-state index contributed by atoms with van der Waals surface area (Å²) in [7, 11) is 0. The van der Waals surface area contributed by atoms with E-state index in [4.69, 9.17) is 0 Å². The van der Waals surface area contributed by atoms with Crippen molar-refractivity contribution in [1.82, 2.24) is 5.32 Å². The van der Waals surface area contributed by atoms with Crippen molar-refractivity contribution in [3.05, 3.63) is 57.3 Å². The Morgan fingerprint density at radius 1 is 1.26 bits per heavy atom. The molecule has 0 saturated heterocycles. The second-order valence-electron chi connectivity index (χ2n) is 5.80. The first-order chi connectivity index (χ1) is 11.1. The molecule has 2 aromatic rings. The van der Waals surface area contributed by atoms with Gasteiger partial charge in [-0.05, 0) is 42.9 Å². The van der Waals surface area contributed by atoms with Gasteiger partial charge in [-0.1, -0.05) is 37.3 Å². The summed E-state index contributed by atoms with van der Waals surface area (Å²) in [6, 6.07) is 10.8. The summed E-state index contributed by atoms with van der Waals surface area (Å²) in [6.07, 6.45) is 3.45. The largest absolute Gasteiger partial charge is 0.479 e. The van der Waals surface area contributed by atoms with Gasteiger partial charge in [0.15, 0.2) is 5.54 Å². The molecule has 1 atom stereocenters. The van der Waals surface area contributed by atoms with E-state index in [1.807, 2.05) is 12.1 Å². The maximum absolute atomic E-state index is 12.6. The zero-order valence-electron chi connectivity index (χ0n) is 13.0. The van der Waals surface area contributed by atoms with Crippen LogP contribution in [0.15, 0.2) is 36.4 Å². The molecule has 0 aliphatic heterocycles. The fourth-order valence-corrected chi connectivity index (χ4v) is 4.26. The first-order valence-corrected chi connectivity index (χ1v) is 8.61. The van der Waals surface area contributed by atoms with Gasteiger partial charge in [0, 0.05) is 4.88 Å². The average molecular weight is 329 g/mol. The summed E-state index contributed by atoms with van der Waals surface area (Å²) in [5, 5.41) is 12.6. The number of carbonyl (C=O) groups is 2. The van der Waals surface area contributed by atoms with E-state index in [1.54, 1.807) is 31.2 Å². The molecule has 1 amide bonds. The van der Waals surface area contributed by atoms with Crippen LogP contribution < -0.4 is 5.32 Å². The minimum absolute atomic E-state index is 0.281. The van der Waals surface area contributed by atoms with E-state index in [-0.39, 0.29) is 12.3 Å². The Bertz CT molecular complexity index is 716. The Balaban J connectivity index is 1.92. The molecule has 0 spiro atoms. The van der Waals surface area contributed by atoms with Crippen molar-refractivity contribution >= 4 is 23.2 Å². The molecular formula is C18H19NO3S. The normalized spacial score (nSPS) is 15.7. The fourth-order valence-electron chi connectivity index (χ4n) is 3.11. The van der Waals surface area contributed by atoms with Gasteiger partial charge in [-0.3, -0.25) is 4.79 Å². The number of amides is 1. The number of carboxylic acid groups (broad SMARTS) is 1. The van der Waals surface area contributed by atoms with Crippen molar-refractivity contribution < 1.29 is 14.7 Å². The number of rotatable bonds is 5. The van der Waals surface area contributed by atoms with Gasteiger partial charge in [0.05, 0.1) is 4.88 Å². The van der Waals surface area contributed by atoms with Crippen LogP contribution in [0.4, 0.5) is 0 Å². The molecule has 0 saturated carbocycles. The van der Waals surface area contributed by atoms with Crippen molar-refractivity contribution in [3.63, 3.8) is 0 Å². The third-order valence-corrected chi connectivity index (χ3v) is 5.70. The number of aryl methyl sites for hydroxylation is 2. The Hall–Kier alpha value is -2.14. The van der Waals surface area contributed by atoms with Gasteiger partial charge in [-0.2, -0.15) is 0 Å². The van der Waals surface area contributed by atoms with Gasteiger partial charge in [0.2, 0.25) is 0 Å². The second-order valence-corrected chi connectivity index (χ2v) is 6.93. The van der Waals surface area contributed by atoms with Crippen LogP contribution in [0.1, 0.15) is 45.4 Å². The van der Waals surface area contributed by atoms with E-state index in [2.05, 4.69) is 5.32 Å². The smallest absolute Gasteiger partial charge is 0.334 e. The number of thiophene rings is 1. The summed E-state index contributed by atoms with van der Waals surface area (Å²) in [5.41, 5.74) is 0.428. The predicted octanol–water partition coefficient (Wildman–Crippen LogP) is 3.36. The first kappa shape index (κ1) is 15.7. The minimum atomic E-state index is -1.40. The number of benzene rings is 1. The average Bonchev–Trinajstić information content (AvgIpc) is 3.14. The first-order valence-electron chi connectivity index (χ1n) is 7.80. The molecule has 2 N–H and O–H groups in total. The Kier molecular flexibility index (Phi) is 4.22. The maximum atomic E-state index is 12.6. The molecule has 1 heterocycles. The molecule has 1 aliphatic rings. The highest BCUT2D eigenvalue weighted by molar-refractivity contribution is 7.14. The summed E-state index contributed by atoms with van der Waals surface area (Å²) < 4.78 is 0. The molecule has 0 bridgehead atoms. The van der Waals surface area contributed by atoms with Gasteiger partial charge in [-0.15, -0.1) is 11.3 Å². The highest BCUT2D eigenvalue weighted by atomic mass is 32.1. The third kappa shape index (κ3) is 2.77. The number of hydrogen-bond acceptors (Lipinski definition) is 3. The number of nitrogens with one attached hydrogen (secondary N) is 1. The predicted molar refractivity (Wildman–Crippen MR) is 89.9 cm³/mol. The van der Waals surface area contributed by atoms with E-state index >= 15 is 0 Å². The summed E-state index contributed by atoms with van der Waals surface area (Å²) >= 11 is 1.48. The molecule has 1 aliphatic carbocycles. The lowest BCUT2D eigenvalue weighted by molar-refractivity contribution is -0.145.